The smallest absolute Gasteiger partial charge is 0.264 e. The summed E-state index contributed by atoms with van der Waals surface area (Å²) >= 11 is 6.15. The van der Waals surface area contributed by atoms with E-state index in [1.54, 1.807) is 73.7 Å². The summed E-state index contributed by atoms with van der Waals surface area (Å²) in [5.74, 6) is -0.388. The second kappa shape index (κ2) is 12.8. The number of benzene rings is 3. The van der Waals surface area contributed by atoms with Crippen molar-refractivity contribution in [1.29, 1.82) is 0 Å². The van der Waals surface area contributed by atoms with E-state index in [1.807, 2.05) is 13.8 Å². The summed E-state index contributed by atoms with van der Waals surface area (Å²) < 4.78 is 33.7. The molecule has 3 aromatic rings. The Kier molecular flexibility index (Phi) is 9.77. The lowest BCUT2D eigenvalue weighted by Crippen LogP contribution is -2.52. The van der Waals surface area contributed by atoms with E-state index in [0.29, 0.717) is 22.0 Å². The molecular weight excluding hydrogens is 526 g/mol. The highest BCUT2D eigenvalue weighted by molar-refractivity contribution is 7.92. The highest BCUT2D eigenvalue weighted by Gasteiger charge is 2.32. The van der Waals surface area contributed by atoms with Gasteiger partial charge in [-0.2, -0.15) is 0 Å². The van der Waals surface area contributed by atoms with Gasteiger partial charge in [-0.3, -0.25) is 13.9 Å². The Morgan fingerprint density at radius 2 is 1.61 bits per heavy atom. The molecule has 2 amide bonds. The number of amides is 2. The summed E-state index contributed by atoms with van der Waals surface area (Å²) in [5.41, 5.74) is 1.03. The number of para-hydroxylation sites is 1. The summed E-state index contributed by atoms with van der Waals surface area (Å²) in [5, 5.41) is 3.31. The molecule has 0 aliphatic carbocycles. The van der Waals surface area contributed by atoms with Crippen molar-refractivity contribution >= 4 is 39.1 Å². The molecule has 0 aliphatic rings. The molecule has 3 rings (SSSR count). The number of nitrogens with zero attached hydrogens (tertiary/aromatic N) is 2. The molecule has 0 unspecified atom stereocenters. The average molecular weight is 558 g/mol. The van der Waals surface area contributed by atoms with Gasteiger partial charge in [0.25, 0.3) is 10.0 Å². The maximum absolute atomic E-state index is 13.8. The van der Waals surface area contributed by atoms with Gasteiger partial charge in [0.15, 0.2) is 0 Å². The summed E-state index contributed by atoms with van der Waals surface area (Å²) in [4.78, 5) is 28.1. The van der Waals surface area contributed by atoms with Gasteiger partial charge in [0.05, 0.1) is 17.7 Å². The largest absolute Gasteiger partial charge is 0.497 e. The van der Waals surface area contributed by atoms with Crippen molar-refractivity contribution < 1.29 is 22.7 Å². The van der Waals surface area contributed by atoms with Gasteiger partial charge in [0.1, 0.15) is 18.3 Å². The molecule has 38 heavy (non-hydrogen) atoms. The fourth-order valence-corrected chi connectivity index (χ4v) is 5.44. The Labute approximate surface area is 229 Å². The fourth-order valence-electron chi connectivity index (χ4n) is 3.82. The maximum atomic E-state index is 13.8. The quantitative estimate of drug-likeness (QED) is 0.375. The molecule has 0 saturated heterocycles. The number of carbonyl (C=O) groups excluding carboxylic acids is 2. The van der Waals surface area contributed by atoms with Crippen molar-refractivity contribution in [3.63, 3.8) is 0 Å². The van der Waals surface area contributed by atoms with Crippen molar-refractivity contribution in [2.24, 2.45) is 0 Å². The van der Waals surface area contributed by atoms with Gasteiger partial charge in [0.2, 0.25) is 11.8 Å². The van der Waals surface area contributed by atoms with Gasteiger partial charge < -0.3 is 15.0 Å². The molecule has 0 aliphatic heterocycles. The number of methoxy groups -OCH3 is 1. The van der Waals surface area contributed by atoms with Crippen LogP contribution in [0.5, 0.6) is 5.75 Å². The van der Waals surface area contributed by atoms with E-state index in [1.165, 1.54) is 24.1 Å². The molecule has 0 spiro atoms. The van der Waals surface area contributed by atoms with Crippen LogP contribution in [0.3, 0.4) is 0 Å². The Morgan fingerprint density at radius 1 is 0.947 bits per heavy atom. The van der Waals surface area contributed by atoms with Crippen LogP contribution in [0.15, 0.2) is 83.8 Å². The molecule has 10 heteroatoms. The third-order valence-corrected chi connectivity index (χ3v) is 7.83. The van der Waals surface area contributed by atoms with Crippen LogP contribution in [-0.4, -0.2) is 50.9 Å². The zero-order valence-electron chi connectivity index (χ0n) is 21.8. The van der Waals surface area contributed by atoms with Crippen LogP contribution < -0.4 is 14.4 Å². The minimum Gasteiger partial charge on any atom is -0.497 e. The molecule has 1 N–H and O–H groups in total. The summed E-state index contributed by atoms with van der Waals surface area (Å²) in [6, 6.07) is 20.3. The first-order valence-corrected chi connectivity index (χ1v) is 13.9. The second-order valence-electron chi connectivity index (χ2n) is 9.01. The number of halogens is 1. The Bertz CT molecular complexity index is 1350. The summed E-state index contributed by atoms with van der Waals surface area (Å²) in [6.07, 6.45) is 0. The van der Waals surface area contributed by atoms with E-state index in [4.69, 9.17) is 16.3 Å². The molecule has 1 atom stereocenters. The average Bonchev–Trinajstić information content (AvgIpc) is 2.90. The predicted molar refractivity (Wildman–Crippen MR) is 149 cm³/mol. The third kappa shape index (κ3) is 7.26. The molecule has 202 valence electrons. The first-order valence-electron chi connectivity index (χ1n) is 12.1. The minimum atomic E-state index is -4.14. The molecule has 8 nitrogen and oxygen atoms in total. The lowest BCUT2D eigenvalue weighted by molar-refractivity contribution is -0.139. The second-order valence-corrected chi connectivity index (χ2v) is 11.3. The molecule has 0 radical (unpaired) electrons. The van der Waals surface area contributed by atoms with Gasteiger partial charge in [-0.1, -0.05) is 41.9 Å². The summed E-state index contributed by atoms with van der Waals surface area (Å²) in [7, 11) is -2.65. The predicted octanol–water partition coefficient (Wildman–Crippen LogP) is 4.49. The zero-order chi connectivity index (χ0) is 27.9. The molecule has 0 saturated carbocycles. The van der Waals surface area contributed by atoms with Crippen molar-refractivity contribution in [3.8, 4) is 5.75 Å². The van der Waals surface area contributed by atoms with Crippen LogP contribution in [0.4, 0.5) is 5.69 Å². The van der Waals surface area contributed by atoms with E-state index in [0.717, 1.165) is 4.31 Å². The lowest BCUT2D eigenvalue weighted by atomic mass is 10.1. The molecule has 3 aromatic carbocycles. The van der Waals surface area contributed by atoms with Crippen LogP contribution in [0.25, 0.3) is 0 Å². The summed E-state index contributed by atoms with van der Waals surface area (Å²) in [6.45, 7) is 4.82. The third-order valence-electron chi connectivity index (χ3n) is 5.81. The number of anilines is 1. The van der Waals surface area contributed by atoms with E-state index in [-0.39, 0.29) is 23.4 Å². The van der Waals surface area contributed by atoms with Crippen molar-refractivity contribution in [1.82, 2.24) is 10.2 Å². The molecule has 0 heterocycles. The van der Waals surface area contributed by atoms with Crippen molar-refractivity contribution in [2.45, 2.75) is 44.3 Å². The van der Waals surface area contributed by atoms with Crippen LogP contribution >= 0.6 is 11.6 Å². The first kappa shape index (κ1) is 29.0. The number of rotatable bonds is 11. The van der Waals surface area contributed by atoms with Crippen LogP contribution in [-0.2, 0) is 26.2 Å². The van der Waals surface area contributed by atoms with Crippen LogP contribution in [0, 0.1) is 0 Å². The van der Waals surface area contributed by atoms with E-state index < -0.39 is 28.5 Å². The van der Waals surface area contributed by atoms with E-state index in [2.05, 4.69) is 5.32 Å². The number of nitrogens with one attached hydrogen (secondary N) is 1. The SMILES string of the molecule is COc1ccc(S(=O)(=O)N(CC(=O)N(Cc2cccc(Cl)c2)[C@@H](C)C(=O)NC(C)C)c2ccccc2)cc1. The normalized spacial score (nSPS) is 12.1. The van der Waals surface area contributed by atoms with Gasteiger partial charge >= 0.3 is 0 Å². The van der Waals surface area contributed by atoms with Crippen molar-refractivity contribution in [2.75, 3.05) is 18.0 Å². The zero-order valence-corrected chi connectivity index (χ0v) is 23.4. The molecule has 0 aromatic heterocycles. The number of carbonyl (C=O) groups is 2. The fraction of sp³-hybridized carbons (Fsp3) is 0.286. The number of hydrogen-bond donors (Lipinski definition) is 1. The van der Waals surface area contributed by atoms with Gasteiger partial charge in [-0.05, 0) is 74.9 Å². The first-order chi connectivity index (χ1) is 18.0. The van der Waals surface area contributed by atoms with Crippen molar-refractivity contribution in [3.05, 3.63) is 89.4 Å². The molecular formula is C28H32ClN3O5S. The van der Waals surface area contributed by atoms with E-state index >= 15 is 0 Å². The topological polar surface area (TPSA) is 96.0 Å². The standard InChI is InChI=1S/C28H32ClN3O5S/c1-20(2)30-28(34)21(3)31(18-22-9-8-10-23(29)17-22)27(33)19-32(24-11-6-5-7-12-24)38(35,36)26-15-13-25(37-4)14-16-26/h5-17,20-21H,18-19H2,1-4H3,(H,30,34)/t21-/m0/s1. The van der Waals surface area contributed by atoms with Gasteiger partial charge in [-0.15, -0.1) is 0 Å². The Morgan fingerprint density at radius 3 is 2.18 bits per heavy atom. The molecule has 0 bridgehead atoms. The highest BCUT2D eigenvalue weighted by Crippen LogP contribution is 2.26. The van der Waals surface area contributed by atoms with Crippen LogP contribution in [0.1, 0.15) is 26.3 Å². The molecule has 0 fully saturated rings. The maximum Gasteiger partial charge on any atom is 0.264 e. The lowest BCUT2D eigenvalue weighted by Gasteiger charge is -2.32. The van der Waals surface area contributed by atoms with Gasteiger partial charge in [0, 0.05) is 17.6 Å². The van der Waals surface area contributed by atoms with E-state index in [9.17, 15) is 18.0 Å². The Hall–Kier alpha value is -3.56. The highest BCUT2D eigenvalue weighted by atomic mass is 35.5. The Balaban J connectivity index is 2.00. The van der Waals surface area contributed by atoms with Gasteiger partial charge in [-0.25, -0.2) is 8.42 Å². The minimum absolute atomic E-state index is 0.00180. The van der Waals surface area contributed by atoms with Crippen LogP contribution in [0.2, 0.25) is 5.02 Å². The number of ether oxygens (including phenoxy) is 1. The number of hydrogen-bond acceptors (Lipinski definition) is 5. The number of sulfonamides is 1. The monoisotopic (exact) mass is 557 g/mol.